The fourth-order valence-electron chi connectivity index (χ4n) is 1.45. The predicted molar refractivity (Wildman–Crippen MR) is 49.9 cm³/mol. The molecule has 4 nitrogen and oxygen atoms in total. The maximum atomic E-state index is 12.3. The van der Waals surface area contributed by atoms with E-state index >= 15 is 0 Å². The zero-order chi connectivity index (χ0) is 11.8. The van der Waals surface area contributed by atoms with Gasteiger partial charge in [-0.2, -0.15) is 18.3 Å². The van der Waals surface area contributed by atoms with Crippen molar-refractivity contribution in [2.45, 2.75) is 12.7 Å². The Balaban J connectivity index is 2.25. The molecule has 0 saturated carbocycles. The molecule has 1 N–H and O–H groups in total. The summed E-state index contributed by atoms with van der Waals surface area (Å²) in [6, 6.07) is 1.61. The summed E-state index contributed by atoms with van der Waals surface area (Å²) < 4.78 is 37.9. The molecule has 0 amide bonds. The normalized spacial score (nSPS) is 17.2. The van der Waals surface area contributed by atoms with Gasteiger partial charge in [-0.05, 0) is 6.07 Å². The van der Waals surface area contributed by atoms with Crippen molar-refractivity contribution in [2.24, 2.45) is 5.92 Å². The van der Waals surface area contributed by atoms with Gasteiger partial charge < -0.3 is 5.32 Å². The van der Waals surface area contributed by atoms with E-state index in [-0.39, 0.29) is 12.5 Å². The first-order chi connectivity index (χ1) is 7.47. The number of aromatic nitrogens is 2. The van der Waals surface area contributed by atoms with E-state index in [4.69, 9.17) is 0 Å². The average Bonchev–Trinajstić information content (AvgIpc) is 2.11. The lowest BCUT2D eigenvalue weighted by molar-refractivity contribution is -0.142. The SMILES string of the molecule is O=c1ccc(C(F)(F)F)nn1CC1CNC1. The molecule has 1 fully saturated rings. The second-order valence-electron chi connectivity index (χ2n) is 3.76. The lowest BCUT2D eigenvalue weighted by Crippen LogP contribution is -2.46. The molecule has 0 aliphatic carbocycles. The molecule has 0 atom stereocenters. The summed E-state index contributed by atoms with van der Waals surface area (Å²) in [5.41, 5.74) is -1.53. The molecule has 2 heterocycles. The number of halogens is 3. The monoisotopic (exact) mass is 233 g/mol. The van der Waals surface area contributed by atoms with Crippen LogP contribution in [0.25, 0.3) is 0 Å². The number of hydrogen-bond donors (Lipinski definition) is 1. The van der Waals surface area contributed by atoms with Crippen LogP contribution in [0.3, 0.4) is 0 Å². The summed E-state index contributed by atoms with van der Waals surface area (Å²) in [5, 5.41) is 6.30. The molecule has 1 aromatic rings. The highest BCUT2D eigenvalue weighted by atomic mass is 19.4. The van der Waals surface area contributed by atoms with Crippen molar-refractivity contribution in [1.82, 2.24) is 15.1 Å². The van der Waals surface area contributed by atoms with Crippen LogP contribution in [-0.4, -0.2) is 22.9 Å². The van der Waals surface area contributed by atoms with Crippen LogP contribution in [0.4, 0.5) is 13.2 Å². The maximum absolute atomic E-state index is 12.3. The van der Waals surface area contributed by atoms with Gasteiger partial charge in [-0.25, -0.2) is 4.68 Å². The largest absolute Gasteiger partial charge is 0.435 e. The summed E-state index contributed by atoms with van der Waals surface area (Å²) in [4.78, 5) is 11.3. The molecule has 2 rings (SSSR count). The van der Waals surface area contributed by atoms with Crippen molar-refractivity contribution in [1.29, 1.82) is 0 Å². The molecule has 1 aliphatic heterocycles. The third-order valence-corrected chi connectivity index (χ3v) is 2.45. The van der Waals surface area contributed by atoms with Crippen molar-refractivity contribution < 1.29 is 13.2 Å². The molecule has 16 heavy (non-hydrogen) atoms. The zero-order valence-electron chi connectivity index (χ0n) is 8.29. The van der Waals surface area contributed by atoms with Gasteiger partial charge in [0, 0.05) is 25.1 Å². The predicted octanol–water partition coefficient (Wildman–Crippen LogP) is 0.482. The van der Waals surface area contributed by atoms with Crippen molar-refractivity contribution in [3.05, 3.63) is 28.2 Å². The molecule has 0 spiro atoms. The number of nitrogens with one attached hydrogen (secondary N) is 1. The molecule has 7 heteroatoms. The summed E-state index contributed by atoms with van der Waals surface area (Å²) >= 11 is 0. The van der Waals surface area contributed by atoms with Gasteiger partial charge in [0.05, 0.1) is 6.54 Å². The molecule has 88 valence electrons. The van der Waals surface area contributed by atoms with Gasteiger partial charge in [-0.15, -0.1) is 0 Å². The molecule has 1 saturated heterocycles. The molecule has 0 unspecified atom stereocenters. The van der Waals surface area contributed by atoms with E-state index in [9.17, 15) is 18.0 Å². The van der Waals surface area contributed by atoms with E-state index in [0.29, 0.717) is 19.2 Å². The van der Waals surface area contributed by atoms with Crippen LogP contribution in [0.1, 0.15) is 5.69 Å². The van der Waals surface area contributed by atoms with Gasteiger partial charge in [-0.1, -0.05) is 0 Å². The maximum Gasteiger partial charge on any atom is 0.435 e. The van der Waals surface area contributed by atoms with Crippen molar-refractivity contribution in [3.8, 4) is 0 Å². The van der Waals surface area contributed by atoms with Crippen LogP contribution in [-0.2, 0) is 12.7 Å². The first-order valence-corrected chi connectivity index (χ1v) is 4.83. The molecule has 1 aromatic heterocycles. The number of hydrogen-bond acceptors (Lipinski definition) is 3. The Morgan fingerprint density at radius 2 is 2.12 bits per heavy atom. The van der Waals surface area contributed by atoms with Gasteiger partial charge >= 0.3 is 6.18 Å². The molecule has 0 radical (unpaired) electrons. The lowest BCUT2D eigenvalue weighted by atomic mass is 10.0. The smallest absolute Gasteiger partial charge is 0.316 e. The Labute approximate surface area is 89.1 Å². The Hall–Kier alpha value is -1.37. The van der Waals surface area contributed by atoms with Crippen LogP contribution in [0.5, 0.6) is 0 Å². The topological polar surface area (TPSA) is 46.9 Å². The molecule has 0 aromatic carbocycles. The highest BCUT2D eigenvalue weighted by Gasteiger charge is 2.33. The zero-order valence-corrected chi connectivity index (χ0v) is 8.29. The van der Waals surface area contributed by atoms with Gasteiger partial charge in [0.2, 0.25) is 0 Å². The molecular formula is C9H10F3N3O. The van der Waals surface area contributed by atoms with E-state index in [1.54, 1.807) is 0 Å². The minimum absolute atomic E-state index is 0.189. The highest BCUT2D eigenvalue weighted by Crippen LogP contribution is 2.26. The summed E-state index contributed by atoms with van der Waals surface area (Å²) in [6.45, 7) is 1.66. The Kier molecular flexibility index (Phi) is 2.71. The molecule has 1 aliphatic rings. The van der Waals surface area contributed by atoms with E-state index in [0.717, 1.165) is 10.7 Å². The summed E-state index contributed by atoms with van der Waals surface area (Å²) in [5.74, 6) is 0.189. The van der Waals surface area contributed by atoms with E-state index in [1.165, 1.54) is 0 Å². The molecular weight excluding hydrogens is 223 g/mol. The number of rotatable bonds is 2. The second kappa shape index (κ2) is 3.89. The Morgan fingerprint density at radius 3 is 2.62 bits per heavy atom. The van der Waals surface area contributed by atoms with Crippen molar-refractivity contribution >= 4 is 0 Å². The fraction of sp³-hybridized carbons (Fsp3) is 0.556. The standard InChI is InChI=1S/C9H10F3N3O/c10-9(11,12)7-1-2-8(16)15(14-7)5-6-3-13-4-6/h1-2,6,13H,3-5H2. The van der Waals surface area contributed by atoms with Crippen LogP contribution in [0.2, 0.25) is 0 Å². The van der Waals surface area contributed by atoms with E-state index in [1.807, 2.05) is 0 Å². The summed E-state index contributed by atoms with van der Waals surface area (Å²) in [7, 11) is 0. The third-order valence-electron chi connectivity index (χ3n) is 2.45. The van der Waals surface area contributed by atoms with Crippen LogP contribution in [0, 0.1) is 5.92 Å². The van der Waals surface area contributed by atoms with Gasteiger partial charge in [0.15, 0.2) is 5.69 Å². The second-order valence-corrected chi connectivity index (χ2v) is 3.76. The first-order valence-electron chi connectivity index (χ1n) is 4.83. The van der Waals surface area contributed by atoms with E-state index in [2.05, 4.69) is 10.4 Å². The number of alkyl halides is 3. The average molecular weight is 233 g/mol. The Morgan fingerprint density at radius 1 is 1.44 bits per heavy atom. The number of nitrogens with zero attached hydrogens (tertiary/aromatic N) is 2. The van der Waals surface area contributed by atoms with Crippen molar-refractivity contribution in [2.75, 3.05) is 13.1 Å². The quantitative estimate of drug-likeness (QED) is 0.808. The van der Waals surface area contributed by atoms with Crippen LogP contribution in [0.15, 0.2) is 16.9 Å². The van der Waals surface area contributed by atoms with Gasteiger partial charge in [-0.3, -0.25) is 4.79 Å². The van der Waals surface area contributed by atoms with Gasteiger partial charge in [0.25, 0.3) is 5.56 Å². The van der Waals surface area contributed by atoms with E-state index < -0.39 is 17.4 Å². The first kappa shape index (κ1) is 11.1. The van der Waals surface area contributed by atoms with Gasteiger partial charge in [0.1, 0.15) is 0 Å². The minimum atomic E-state index is -4.51. The lowest BCUT2D eigenvalue weighted by Gasteiger charge is -2.27. The van der Waals surface area contributed by atoms with Crippen LogP contribution < -0.4 is 10.9 Å². The Bertz CT molecular complexity index is 436. The highest BCUT2D eigenvalue weighted by molar-refractivity contribution is 5.04. The fourth-order valence-corrected chi connectivity index (χ4v) is 1.45. The third kappa shape index (κ3) is 2.24. The van der Waals surface area contributed by atoms with Crippen LogP contribution >= 0.6 is 0 Å². The molecule has 0 bridgehead atoms. The van der Waals surface area contributed by atoms with Crippen molar-refractivity contribution in [3.63, 3.8) is 0 Å². The minimum Gasteiger partial charge on any atom is -0.316 e. The summed E-state index contributed by atoms with van der Waals surface area (Å²) in [6.07, 6.45) is -4.51.